The van der Waals surface area contributed by atoms with Crippen LogP contribution >= 0.6 is 0 Å². The van der Waals surface area contributed by atoms with Gasteiger partial charge in [0.15, 0.2) is 5.69 Å². The summed E-state index contributed by atoms with van der Waals surface area (Å²) in [6.45, 7) is 0.963. The summed E-state index contributed by atoms with van der Waals surface area (Å²) in [5.74, 6) is -0.488. The third kappa shape index (κ3) is 9.34. The first-order chi connectivity index (χ1) is 22.2. The van der Waals surface area contributed by atoms with Crippen LogP contribution in [-0.2, 0) is 29.2 Å². The molecular formula is C32H33F3N6O5. The van der Waals surface area contributed by atoms with E-state index in [-0.39, 0.29) is 31.0 Å². The summed E-state index contributed by atoms with van der Waals surface area (Å²) in [5.41, 5.74) is 2.54. The minimum Gasteiger partial charge on any atom is -0.477 e. The van der Waals surface area contributed by atoms with Gasteiger partial charge in [0.1, 0.15) is 12.2 Å². The van der Waals surface area contributed by atoms with Crippen molar-refractivity contribution >= 4 is 11.8 Å². The minimum atomic E-state index is -4.53. The maximum Gasteiger partial charge on any atom is 0.405 e. The maximum atomic E-state index is 13.3. The molecule has 1 aliphatic rings. The highest BCUT2D eigenvalue weighted by atomic mass is 19.4. The number of carbonyl (C=O) groups is 2. The fourth-order valence-electron chi connectivity index (χ4n) is 4.71. The largest absolute Gasteiger partial charge is 0.477 e. The molecule has 14 heteroatoms. The molecule has 0 unspecified atom stereocenters. The van der Waals surface area contributed by atoms with Gasteiger partial charge < -0.3 is 24.8 Å². The van der Waals surface area contributed by atoms with Gasteiger partial charge in [-0.1, -0.05) is 35.5 Å². The summed E-state index contributed by atoms with van der Waals surface area (Å²) in [7, 11) is 0. The van der Waals surface area contributed by atoms with Crippen LogP contribution in [0.1, 0.15) is 50.5 Å². The summed E-state index contributed by atoms with van der Waals surface area (Å²) in [4.78, 5) is 29.8. The second-order valence-electron chi connectivity index (χ2n) is 10.7. The lowest BCUT2D eigenvalue weighted by Crippen LogP contribution is -2.33. The fraction of sp³-hybridized carbons (Fsp3) is 0.344. The van der Waals surface area contributed by atoms with E-state index in [9.17, 15) is 22.8 Å². The average molecular weight is 639 g/mol. The minimum absolute atomic E-state index is 0.0291. The third-order valence-electron chi connectivity index (χ3n) is 7.21. The number of alkyl halides is 3. The van der Waals surface area contributed by atoms with Crippen molar-refractivity contribution in [3.63, 3.8) is 0 Å². The lowest BCUT2D eigenvalue weighted by molar-refractivity contribution is -0.123. The number of aromatic nitrogens is 4. The lowest BCUT2D eigenvalue weighted by atomic mass is 10.0. The van der Waals surface area contributed by atoms with E-state index in [0.29, 0.717) is 29.8 Å². The molecule has 1 saturated heterocycles. The van der Waals surface area contributed by atoms with E-state index >= 15 is 0 Å². The Morgan fingerprint density at radius 3 is 2.43 bits per heavy atom. The molecule has 0 aliphatic carbocycles. The van der Waals surface area contributed by atoms with Crippen LogP contribution in [0.2, 0.25) is 0 Å². The number of nitrogens with one attached hydrogen (secondary N) is 2. The van der Waals surface area contributed by atoms with Crippen molar-refractivity contribution in [2.45, 2.75) is 38.8 Å². The van der Waals surface area contributed by atoms with Gasteiger partial charge >= 0.3 is 6.18 Å². The average Bonchev–Trinajstić information content (AvgIpc) is 3.50. The van der Waals surface area contributed by atoms with Crippen LogP contribution in [0, 0.1) is 5.92 Å². The number of carbonyl (C=O) groups excluding carboxylic acids is 2. The number of hydrogen-bond donors (Lipinski definition) is 2. The van der Waals surface area contributed by atoms with Gasteiger partial charge in [-0.2, -0.15) is 13.2 Å². The topological polar surface area (TPSA) is 129 Å². The van der Waals surface area contributed by atoms with Crippen molar-refractivity contribution in [1.82, 2.24) is 30.6 Å². The summed E-state index contributed by atoms with van der Waals surface area (Å²) in [6, 6.07) is 18.7. The van der Waals surface area contributed by atoms with E-state index in [0.717, 1.165) is 37.2 Å². The van der Waals surface area contributed by atoms with Gasteiger partial charge in [-0.25, -0.2) is 9.67 Å². The smallest absolute Gasteiger partial charge is 0.405 e. The first kappa shape index (κ1) is 32.6. The highest BCUT2D eigenvalue weighted by molar-refractivity contribution is 5.94. The molecule has 0 saturated carbocycles. The van der Waals surface area contributed by atoms with Gasteiger partial charge in [-0.15, -0.1) is 5.10 Å². The zero-order chi connectivity index (χ0) is 32.4. The number of rotatable bonds is 13. The van der Waals surface area contributed by atoms with E-state index in [4.69, 9.17) is 14.2 Å². The predicted octanol–water partition coefficient (Wildman–Crippen LogP) is 4.41. The summed E-state index contributed by atoms with van der Waals surface area (Å²) in [5, 5.41) is 13.0. The highest BCUT2D eigenvalue weighted by Gasteiger charge is 2.28. The van der Waals surface area contributed by atoms with Gasteiger partial charge in [-0.05, 0) is 60.2 Å². The Bertz CT molecular complexity index is 1590. The van der Waals surface area contributed by atoms with Gasteiger partial charge in [0.25, 0.3) is 11.8 Å². The first-order valence-corrected chi connectivity index (χ1v) is 14.7. The van der Waals surface area contributed by atoms with Crippen molar-refractivity contribution in [1.29, 1.82) is 0 Å². The molecule has 242 valence electrons. The van der Waals surface area contributed by atoms with Crippen LogP contribution in [0.5, 0.6) is 5.88 Å². The molecular weight excluding hydrogens is 605 g/mol. The van der Waals surface area contributed by atoms with Crippen molar-refractivity contribution < 1.29 is 37.0 Å². The number of pyridine rings is 1. The Hall–Kier alpha value is -4.82. The van der Waals surface area contributed by atoms with Crippen molar-refractivity contribution in [2.24, 2.45) is 5.92 Å². The molecule has 11 nitrogen and oxygen atoms in total. The number of nitrogens with zero attached hydrogens (tertiary/aromatic N) is 4. The maximum absolute atomic E-state index is 13.3. The number of amides is 2. The lowest BCUT2D eigenvalue weighted by Gasteiger charge is -2.21. The molecule has 1 fully saturated rings. The Balaban J connectivity index is 1.27. The standard InChI is InChI=1S/C32H33F3N6O5/c33-32(34,35)21-38-30(42)25-6-8-26(9-7-25)41-27(20-45-18-22-4-2-1-3-5-22)29(39-40-41)31(43)37-17-24-10-13-36-28(16-24)46-19-23-11-14-44-15-12-23/h1-10,13,16,23H,11-12,14-15,17-21H2,(H,37,43)(H,38,42). The Labute approximate surface area is 263 Å². The number of ether oxygens (including phenoxy) is 3. The first-order valence-electron chi connectivity index (χ1n) is 14.7. The molecule has 46 heavy (non-hydrogen) atoms. The molecule has 0 spiro atoms. The molecule has 2 amide bonds. The molecule has 1 aliphatic heterocycles. The second kappa shape index (κ2) is 15.5. The van der Waals surface area contributed by atoms with E-state index in [1.165, 1.54) is 28.9 Å². The molecule has 2 aromatic carbocycles. The summed E-state index contributed by atoms with van der Waals surface area (Å²) in [6.07, 6.45) is -1.03. The zero-order valence-corrected chi connectivity index (χ0v) is 24.8. The SMILES string of the molecule is O=C(NCC(F)(F)F)c1ccc(-n2nnc(C(=O)NCc3ccnc(OCC4CCOCC4)c3)c2COCc2ccccc2)cc1. The van der Waals surface area contributed by atoms with Gasteiger partial charge in [0.2, 0.25) is 5.88 Å². The van der Waals surface area contributed by atoms with Gasteiger partial charge in [0.05, 0.1) is 25.5 Å². The molecule has 4 aromatic rings. The number of halogens is 3. The molecule has 5 rings (SSSR count). The van der Waals surface area contributed by atoms with E-state index < -0.39 is 24.5 Å². The third-order valence-corrected chi connectivity index (χ3v) is 7.21. The van der Waals surface area contributed by atoms with Crippen molar-refractivity contribution in [2.75, 3.05) is 26.4 Å². The predicted molar refractivity (Wildman–Crippen MR) is 159 cm³/mol. The van der Waals surface area contributed by atoms with Crippen LogP contribution < -0.4 is 15.4 Å². The zero-order valence-electron chi connectivity index (χ0n) is 24.8. The van der Waals surface area contributed by atoms with E-state index in [1.807, 2.05) is 35.6 Å². The van der Waals surface area contributed by atoms with Crippen LogP contribution in [0.4, 0.5) is 13.2 Å². The van der Waals surface area contributed by atoms with Gasteiger partial charge in [-0.3, -0.25) is 9.59 Å². The highest BCUT2D eigenvalue weighted by Crippen LogP contribution is 2.19. The Morgan fingerprint density at radius 2 is 1.70 bits per heavy atom. The van der Waals surface area contributed by atoms with Crippen LogP contribution in [0.25, 0.3) is 5.69 Å². The Kier molecular flexibility index (Phi) is 10.9. The van der Waals surface area contributed by atoms with Crippen LogP contribution in [0.3, 0.4) is 0 Å². The van der Waals surface area contributed by atoms with Gasteiger partial charge in [0, 0.05) is 37.6 Å². The second-order valence-corrected chi connectivity index (χ2v) is 10.7. The molecule has 0 bridgehead atoms. The van der Waals surface area contributed by atoms with E-state index in [1.54, 1.807) is 18.3 Å². The molecule has 2 aromatic heterocycles. The van der Waals surface area contributed by atoms with Crippen molar-refractivity contribution in [3.05, 3.63) is 101 Å². The Morgan fingerprint density at radius 1 is 0.935 bits per heavy atom. The molecule has 0 atom stereocenters. The molecule has 3 heterocycles. The van der Waals surface area contributed by atoms with Crippen LogP contribution in [0.15, 0.2) is 72.9 Å². The fourth-order valence-corrected chi connectivity index (χ4v) is 4.71. The quantitative estimate of drug-likeness (QED) is 0.221. The van der Waals surface area contributed by atoms with Crippen LogP contribution in [-0.4, -0.2) is 64.3 Å². The normalized spacial score (nSPS) is 13.7. The molecule has 0 radical (unpaired) electrons. The number of benzene rings is 2. The van der Waals surface area contributed by atoms with Crippen molar-refractivity contribution in [3.8, 4) is 11.6 Å². The summed E-state index contributed by atoms with van der Waals surface area (Å²) < 4.78 is 56.1. The number of hydrogen-bond acceptors (Lipinski definition) is 8. The summed E-state index contributed by atoms with van der Waals surface area (Å²) >= 11 is 0. The molecule has 2 N–H and O–H groups in total. The monoisotopic (exact) mass is 638 g/mol. The van der Waals surface area contributed by atoms with E-state index in [2.05, 4.69) is 20.6 Å².